The minimum absolute atomic E-state index is 0.0747. The SMILES string of the molecule is C[N-]CC(C)(C)OC. The van der Waals surface area contributed by atoms with Gasteiger partial charge in [-0.15, -0.1) is 6.54 Å². The van der Waals surface area contributed by atoms with E-state index in [1.54, 1.807) is 14.2 Å². The number of hydrogen-bond acceptors (Lipinski definition) is 1. The molecule has 0 spiro atoms. The van der Waals surface area contributed by atoms with E-state index >= 15 is 0 Å². The molecular formula is C6H14NO-. The second kappa shape index (κ2) is 3.05. The van der Waals surface area contributed by atoms with Crippen LogP contribution in [0.1, 0.15) is 13.8 Å². The van der Waals surface area contributed by atoms with Crippen molar-refractivity contribution < 1.29 is 4.74 Å². The maximum atomic E-state index is 5.08. The van der Waals surface area contributed by atoms with Crippen LogP contribution in [0.4, 0.5) is 0 Å². The molecule has 0 N–H and O–H groups in total. The monoisotopic (exact) mass is 116 g/mol. The zero-order valence-electron chi connectivity index (χ0n) is 6.06. The first-order chi connectivity index (χ1) is 3.62. The van der Waals surface area contributed by atoms with Crippen LogP contribution in [0.5, 0.6) is 0 Å². The molecular weight excluding hydrogens is 102 g/mol. The normalized spacial score (nSPS) is 12.0. The summed E-state index contributed by atoms with van der Waals surface area (Å²) in [5.74, 6) is 0. The molecule has 0 unspecified atom stereocenters. The Morgan fingerprint density at radius 3 is 2.12 bits per heavy atom. The molecule has 0 aromatic carbocycles. The lowest BCUT2D eigenvalue weighted by Crippen LogP contribution is -2.26. The third-order valence-corrected chi connectivity index (χ3v) is 1.09. The summed E-state index contributed by atoms with van der Waals surface area (Å²) in [6.45, 7) is 4.80. The van der Waals surface area contributed by atoms with Crippen molar-refractivity contribution in [3.8, 4) is 0 Å². The van der Waals surface area contributed by atoms with Gasteiger partial charge < -0.3 is 10.1 Å². The molecule has 0 rings (SSSR count). The highest BCUT2D eigenvalue weighted by atomic mass is 16.5. The van der Waals surface area contributed by atoms with E-state index in [4.69, 9.17) is 4.74 Å². The smallest absolute Gasteiger partial charge is 0.0436 e. The van der Waals surface area contributed by atoms with Gasteiger partial charge in [0.05, 0.1) is 0 Å². The number of ether oxygens (including phenoxy) is 1. The molecule has 0 bridgehead atoms. The van der Waals surface area contributed by atoms with Gasteiger partial charge >= 0.3 is 0 Å². The zero-order chi connectivity index (χ0) is 6.62. The molecule has 0 saturated carbocycles. The average molecular weight is 116 g/mol. The Labute approximate surface area is 51.2 Å². The Hall–Kier alpha value is -0.0800. The summed E-state index contributed by atoms with van der Waals surface area (Å²) < 4.78 is 5.08. The van der Waals surface area contributed by atoms with Crippen LogP contribution in [0.25, 0.3) is 5.32 Å². The third kappa shape index (κ3) is 2.99. The Morgan fingerprint density at radius 1 is 1.50 bits per heavy atom. The van der Waals surface area contributed by atoms with Crippen LogP contribution in [0, 0.1) is 0 Å². The highest BCUT2D eigenvalue weighted by molar-refractivity contribution is 4.83. The Balaban J connectivity index is 3.37. The largest absolute Gasteiger partial charge is 0.663 e. The highest BCUT2D eigenvalue weighted by Crippen LogP contribution is 2.08. The molecule has 2 heteroatoms. The number of hydrogen-bond donors (Lipinski definition) is 0. The van der Waals surface area contributed by atoms with Crippen LogP contribution in [0.3, 0.4) is 0 Å². The second-order valence-corrected chi connectivity index (χ2v) is 2.44. The van der Waals surface area contributed by atoms with Gasteiger partial charge in [0, 0.05) is 12.7 Å². The molecule has 0 aliphatic rings. The van der Waals surface area contributed by atoms with Crippen molar-refractivity contribution in [3.05, 3.63) is 5.32 Å². The maximum Gasteiger partial charge on any atom is 0.0436 e. The molecule has 2 nitrogen and oxygen atoms in total. The molecule has 0 heterocycles. The van der Waals surface area contributed by atoms with Crippen molar-refractivity contribution in [2.24, 2.45) is 0 Å². The van der Waals surface area contributed by atoms with Crippen LogP contribution in [-0.2, 0) is 4.74 Å². The van der Waals surface area contributed by atoms with Gasteiger partial charge in [-0.25, -0.2) is 0 Å². The Morgan fingerprint density at radius 2 is 2.00 bits per heavy atom. The fraction of sp³-hybridized carbons (Fsp3) is 1.00. The Kier molecular flexibility index (Phi) is 3.02. The minimum Gasteiger partial charge on any atom is -0.663 e. The van der Waals surface area contributed by atoms with Crippen molar-refractivity contribution in [2.75, 3.05) is 20.7 Å². The minimum atomic E-state index is -0.0747. The summed E-state index contributed by atoms with van der Waals surface area (Å²) in [4.78, 5) is 0. The van der Waals surface area contributed by atoms with Crippen molar-refractivity contribution in [3.63, 3.8) is 0 Å². The lowest BCUT2D eigenvalue weighted by molar-refractivity contribution is 0.0359. The summed E-state index contributed by atoms with van der Waals surface area (Å²) in [6, 6.07) is 0. The van der Waals surface area contributed by atoms with E-state index in [1.165, 1.54) is 0 Å². The van der Waals surface area contributed by atoms with Crippen molar-refractivity contribution in [2.45, 2.75) is 19.4 Å². The average Bonchev–Trinajstić information content (AvgIpc) is 1.67. The first-order valence-corrected chi connectivity index (χ1v) is 2.73. The molecule has 0 saturated heterocycles. The van der Waals surface area contributed by atoms with Crippen LogP contribution < -0.4 is 0 Å². The van der Waals surface area contributed by atoms with Gasteiger partial charge in [-0.3, -0.25) is 0 Å². The molecule has 0 fully saturated rings. The molecule has 8 heavy (non-hydrogen) atoms. The first kappa shape index (κ1) is 7.92. The van der Waals surface area contributed by atoms with Gasteiger partial charge in [0.25, 0.3) is 0 Å². The van der Waals surface area contributed by atoms with Crippen LogP contribution in [0.15, 0.2) is 0 Å². The number of rotatable bonds is 3. The van der Waals surface area contributed by atoms with E-state index in [0.717, 1.165) is 6.54 Å². The van der Waals surface area contributed by atoms with Crippen molar-refractivity contribution in [1.82, 2.24) is 0 Å². The first-order valence-electron chi connectivity index (χ1n) is 2.73. The van der Waals surface area contributed by atoms with Gasteiger partial charge in [-0.1, -0.05) is 0 Å². The van der Waals surface area contributed by atoms with Crippen LogP contribution >= 0.6 is 0 Å². The quantitative estimate of drug-likeness (QED) is 0.547. The fourth-order valence-electron chi connectivity index (χ4n) is 0.445. The predicted octanol–water partition coefficient (Wildman–Crippen LogP) is 1.41. The maximum absolute atomic E-state index is 5.08. The number of nitrogens with zero attached hydrogens (tertiary/aromatic N) is 1. The standard InChI is InChI=1S/C6H14NO/c1-6(2,8-4)5-7-3/h5H2,1-4H3/q-1. The van der Waals surface area contributed by atoms with E-state index < -0.39 is 0 Å². The predicted molar refractivity (Wildman–Crippen MR) is 35.2 cm³/mol. The molecule has 0 aromatic rings. The van der Waals surface area contributed by atoms with E-state index in [-0.39, 0.29) is 5.60 Å². The molecule has 0 radical (unpaired) electrons. The van der Waals surface area contributed by atoms with Crippen molar-refractivity contribution >= 4 is 0 Å². The van der Waals surface area contributed by atoms with Gasteiger partial charge in [0.2, 0.25) is 0 Å². The van der Waals surface area contributed by atoms with E-state index in [1.807, 2.05) is 13.8 Å². The van der Waals surface area contributed by atoms with Gasteiger partial charge in [-0.05, 0) is 13.8 Å². The second-order valence-electron chi connectivity index (χ2n) is 2.44. The molecule has 0 atom stereocenters. The molecule has 50 valence electrons. The summed E-state index contributed by atoms with van der Waals surface area (Å²) in [7, 11) is 3.49. The van der Waals surface area contributed by atoms with Crippen LogP contribution in [-0.4, -0.2) is 26.3 Å². The fourth-order valence-corrected chi connectivity index (χ4v) is 0.445. The topological polar surface area (TPSA) is 23.3 Å². The van der Waals surface area contributed by atoms with Crippen LogP contribution in [0.2, 0.25) is 0 Å². The third-order valence-electron chi connectivity index (χ3n) is 1.09. The van der Waals surface area contributed by atoms with E-state index in [2.05, 4.69) is 5.32 Å². The van der Waals surface area contributed by atoms with Gasteiger partial charge in [-0.2, -0.15) is 7.05 Å². The van der Waals surface area contributed by atoms with Gasteiger partial charge in [0.15, 0.2) is 0 Å². The number of methoxy groups -OCH3 is 1. The summed E-state index contributed by atoms with van der Waals surface area (Å²) in [5.41, 5.74) is -0.0747. The molecule has 0 amide bonds. The number of likely N-dealkylation sites (N-methyl/N-ethyl adjacent to an activating group) is 1. The van der Waals surface area contributed by atoms with Crippen molar-refractivity contribution in [1.29, 1.82) is 0 Å². The highest BCUT2D eigenvalue weighted by Gasteiger charge is 2.07. The summed E-state index contributed by atoms with van der Waals surface area (Å²) >= 11 is 0. The molecule has 0 aliphatic carbocycles. The molecule has 0 aliphatic heterocycles. The van der Waals surface area contributed by atoms with E-state index in [9.17, 15) is 0 Å². The Bertz CT molecular complexity index is 61.5. The van der Waals surface area contributed by atoms with E-state index in [0.29, 0.717) is 0 Å². The molecule has 0 aromatic heterocycles. The lowest BCUT2D eigenvalue weighted by Gasteiger charge is -2.29. The summed E-state index contributed by atoms with van der Waals surface area (Å²) in [6.07, 6.45) is 0. The zero-order valence-corrected chi connectivity index (χ0v) is 6.06. The lowest BCUT2D eigenvalue weighted by atomic mass is 10.1. The summed E-state index contributed by atoms with van der Waals surface area (Å²) in [5, 5.41) is 3.95. The van der Waals surface area contributed by atoms with Gasteiger partial charge in [0.1, 0.15) is 0 Å².